The lowest BCUT2D eigenvalue weighted by Crippen LogP contribution is -2.45. The molecule has 38 heavy (non-hydrogen) atoms. The van der Waals surface area contributed by atoms with Gasteiger partial charge in [-0.25, -0.2) is 9.97 Å². The van der Waals surface area contributed by atoms with E-state index < -0.39 is 12.6 Å². The first-order valence-electron chi connectivity index (χ1n) is 12.0. The van der Waals surface area contributed by atoms with Crippen LogP contribution in [0.1, 0.15) is 11.1 Å². The fourth-order valence-corrected chi connectivity index (χ4v) is 3.40. The predicted molar refractivity (Wildman–Crippen MR) is 145 cm³/mol. The standard InChI is InChI=1S/C28H26N6O4/c1-3-15-29-25(5-1)33-31-19-21-7-11-23(12-8-21)37-27-28(36-18-17-35-27)38-24-13-9-22(10-14-24)20-32-34-26-6-2-4-16-30-26/h1-16,19-20,27-28H,17-18H2,(H,29,33)(H,30,34). The van der Waals surface area contributed by atoms with Crippen molar-refractivity contribution in [3.63, 3.8) is 0 Å². The van der Waals surface area contributed by atoms with E-state index in [9.17, 15) is 0 Å². The Bertz CT molecular complexity index is 1210. The Balaban J connectivity index is 1.13. The summed E-state index contributed by atoms with van der Waals surface area (Å²) < 4.78 is 23.6. The number of ether oxygens (including phenoxy) is 4. The van der Waals surface area contributed by atoms with Crippen molar-refractivity contribution < 1.29 is 18.9 Å². The van der Waals surface area contributed by atoms with E-state index in [0.717, 1.165) is 11.1 Å². The number of nitrogens with one attached hydrogen (secondary N) is 2. The summed E-state index contributed by atoms with van der Waals surface area (Å²) in [6.45, 7) is 0.820. The highest BCUT2D eigenvalue weighted by Crippen LogP contribution is 2.22. The van der Waals surface area contributed by atoms with Crippen LogP contribution < -0.4 is 20.3 Å². The van der Waals surface area contributed by atoms with Crippen LogP contribution in [0.15, 0.2) is 108 Å². The van der Waals surface area contributed by atoms with Crippen LogP contribution in [0.5, 0.6) is 11.5 Å². The summed E-state index contributed by atoms with van der Waals surface area (Å²) in [5.74, 6) is 2.58. The molecule has 1 saturated heterocycles. The van der Waals surface area contributed by atoms with Crippen LogP contribution in [0.25, 0.3) is 0 Å². The summed E-state index contributed by atoms with van der Waals surface area (Å²) in [7, 11) is 0. The lowest BCUT2D eigenvalue weighted by atomic mass is 10.2. The largest absolute Gasteiger partial charge is 0.458 e. The third kappa shape index (κ3) is 7.36. The molecule has 0 saturated carbocycles. The van der Waals surface area contributed by atoms with Crippen LogP contribution in [-0.2, 0) is 9.47 Å². The topological polar surface area (TPSA) is 111 Å². The summed E-state index contributed by atoms with van der Waals surface area (Å²) in [6, 6.07) is 26.1. The molecule has 2 unspecified atom stereocenters. The van der Waals surface area contributed by atoms with Crippen molar-refractivity contribution >= 4 is 24.1 Å². The zero-order valence-corrected chi connectivity index (χ0v) is 20.4. The minimum atomic E-state index is -0.724. The highest BCUT2D eigenvalue weighted by Gasteiger charge is 2.31. The number of hydrogen-bond acceptors (Lipinski definition) is 10. The van der Waals surface area contributed by atoms with E-state index in [4.69, 9.17) is 18.9 Å². The Labute approximate surface area is 220 Å². The maximum atomic E-state index is 6.01. The molecule has 0 amide bonds. The number of nitrogens with zero attached hydrogens (tertiary/aromatic N) is 4. The van der Waals surface area contributed by atoms with E-state index in [2.05, 4.69) is 31.0 Å². The molecule has 0 radical (unpaired) electrons. The summed E-state index contributed by atoms with van der Waals surface area (Å²) in [5, 5.41) is 8.39. The fraction of sp³-hybridized carbons (Fsp3) is 0.143. The number of hydrogen-bond donors (Lipinski definition) is 2. The van der Waals surface area contributed by atoms with Crippen molar-refractivity contribution in [3.8, 4) is 11.5 Å². The zero-order chi connectivity index (χ0) is 25.8. The summed E-state index contributed by atoms with van der Waals surface area (Å²) >= 11 is 0. The molecule has 2 aromatic heterocycles. The Morgan fingerprint density at radius 1 is 0.632 bits per heavy atom. The van der Waals surface area contributed by atoms with Gasteiger partial charge in [-0.2, -0.15) is 10.2 Å². The third-order valence-electron chi connectivity index (χ3n) is 5.25. The average Bonchev–Trinajstić information content (AvgIpc) is 2.97. The number of rotatable bonds is 10. The average molecular weight is 511 g/mol. The second-order valence-corrected chi connectivity index (χ2v) is 8.02. The Kier molecular flexibility index (Phi) is 8.48. The van der Waals surface area contributed by atoms with Gasteiger partial charge in [0.25, 0.3) is 12.6 Å². The SMILES string of the molecule is C(=NNc1ccccn1)c1ccc(OC2OCCOC2Oc2ccc(C=NNc3ccccn3)cc2)cc1. The summed E-state index contributed by atoms with van der Waals surface area (Å²) in [5.41, 5.74) is 7.56. The van der Waals surface area contributed by atoms with Gasteiger partial charge in [-0.05, 0) is 83.9 Å². The van der Waals surface area contributed by atoms with Crippen LogP contribution in [0.4, 0.5) is 11.6 Å². The number of anilines is 2. The molecule has 10 heteroatoms. The van der Waals surface area contributed by atoms with Crippen LogP contribution in [0, 0.1) is 0 Å². The van der Waals surface area contributed by atoms with E-state index >= 15 is 0 Å². The Hall–Kier alpha value is -4.80. The second kappa shape index (κ2) is 12.9. The van der Waals surface area contributed by atoms with Crippen molar-refractivity contribution in [1.82, 2.24) is 9.97 Å². The molecule has 1 aliphatic heterocycles. The highest BCUT2D eigenvalue weighted by molar-refractivity contribution is 5.80. The molecule has 192 valence electrons. The number of hydrazone groups is 2. The van der Waals surface area contributed by atoms with Gasteiger partial charge in [0.2, 0.25) is 0 Å². The molecule has 4 aromatic rings. The van der Waals surface area contributed by atoms with Gasteiger partial charge < -0.3 is 18.9 Å². The smallest absolute Gasteiger partial charge is 0.263 e. The fourth-order valence-electron chi connectivity index (χ4n) is 3.40. The number of pyridine rings is 2. The number of benzene rings is 2. The van der Waals surface area contributed by atoms with Crippen molar-refractivity contribution in [1.29, 1.82) is 0 Å². The van der Waals surface area contributed by atoms with E-state index in [1.165, 1.54) is 0 Å². The van der Waals surface area contributed by atoms with Gasteiger partial charge in [0.15, 0.2) is 0 Å². The Morgan fingerprint density at radius 2 is 1.08 bits per heavy atom. The Morgan fingerprint density at radius 3 is 1.47 bits per heavy atom. The van der Waals surface area contributed by atoms with Crippen LogP contribution >= 0.6 is 0 Å². The summed E-state index contributed by atoms with van der Waals surface area (Å²) in [4.78, 5) is 8.32. The lowest BCUT2D eigenvalue weighted by Gasteiger charge is -2.31. The van der Waals surface area contributed by atoms with E-state index in [0.29, 0.717) is 36.3 Å². The van der Waals surface area contributed by atoms with Gasteiger partial charge in [0, 0.05) is 12.4 Å². The highest BCUT2D eigenvalue weighted by atomic mass is 16.8. The van der Waals surface area contributed by atoms with Crippen LogP contribution in [-0.4, -0.2) is 48.2 Å². The molecule has 0 bridgehead atoms. The van der Waals surface area contributed by atoms with Crippen molar-refractivity contribution in [2.75, 3.05) is 24.1 Å². The zero-order valence-electron chi connectivity index (χ0n) is 20.4. The molecular formula is C28H26N6O4. The molecule has 0 aliphatic carbocycles. The van der Waals surface area contributed by atoms with E-state index in [1.54, 1.807) is 24.8 Å². The first-order valence-corrected chi connectivity index (χ1v) is 12.0. The third-order valence-corrected chi connectivity index (χ3v) is 5.25. The maximum Gasteiger partial charge on any atom is 0.263 e. The van der Waals surface area contributed by atoms with E-state index in [-0.39, 0.29) is 0 Å². The minimum absolute atomic E-state index is 0.410. The van der Waals surface area contributed by atoms with Gasteiger partial charge in [0.1, 0.15) is 23.1 Å². The normalized spacial score (nSPS) is 17.4. The number of aromatic nitrogens is 2. The van der Waals surface area contributed by atoms with Gasteiger partial charge in [-0.15, -0.1) is 0 Å². The predicted octanol–water partition coefficient (Wildman–Crippen LogP) is 4.53. The van der Waals surface area contributed by atoms with Crippen molar-refractivity contribution in [2.45, 2.75) is 12.6 Å². The molecule has 0 spiro atoms. The van der Waals surface area contributed by atoms with Crippen molar-refractivity contribution in [2.24, 2.45) is 10.2 Å². The van der Waals surface area contributed by atoms with Gasteiger partial charge in [-0.1, -0.05) is 12.1 Å². The first-order chi connectivity index (χ1) is 18.8. The second-order valence-electron chi connectivity index (χ2n) is 8.02. The minimum Gasteiger partial charge on any atom is -0.458 e. The van der Waals surface area contributed by atoms with Gasteiger partial charge in [-0.3, -0.25) is 10.9 Å². The molecule has 5 rings (SSSR count). The van der Waals surface area contributed by atoms with Gasteiger partial charge >= 0.3 is 0 Å². The summed E-state index contributed by atoms with van der Waals surface area (Å²) in [6.07, 6.45) is 5.36. The van der Waals surface area contributed by atoms with E-state index in [1.807, 2.05) is 84.9 Å². The monoisotopic (exact) mass is 510 g/mol. The lowest BCUT2D eigenvalue weighted by molar-refractivity contribution is -0.271. The molecule has 2 aromatic carbocycles. The molecule has 1 aliphatic rings. The molecular weight excluding hydrogens is 484 g/mol. The maximum absolute atomic E-state index is 6.01. The van der Waals surface area contributed by atoms with Crippen LogP contribution in [0.3, 0.4) is 0 Å². The first kappa shape index (κ1) is 24.9. The van der Waals surface area contributed by atoms with Crippen LogP contribution in [0.2, 0.25) is 0 Å². The van der Waals surface area contributed by atoms with Crippen molar-refractivity contribution in [3.05, 3.63) is 108 Å². The molecule has 3 heterocycles. The molecule has 10 nitrogen and oxygen atoms in total. The van der Waals surface area contributed by atoms with Gasteiger partial charge in [0.05, 0.1) is 25.6 Å². The molecule has 2 atom stereocenters. The molecule has 2 N–H and O–H groups in total. The quantitative estimate of drug-likeness (QED) is 0.237. The molecule has 1 fully saturated rings.